The monoisotopic (exact) mass is 196 g/mol. The lowest BCUT2D eigenvalue weighted by Gasteiger charge is -1.94. The van der Waals surface area contributed by atoms with Crippen molar-refractivity contribution < 1.29 is 8.78 Å². The van der Waals surface area contributed by atoms with Gasteiger partial charge < -0.3 is 0 Å². The molecule has 1 heterocycles. The maximum Gasteiger partial charge on any atom is 0.319 e. The Labute approximate surface area is 58.6 Å². The van der Waals surface area contributed by atoms with Crippen molar-refractivity contribution in [1.82, 2.24) is 9.55 Å². The molecule has 0 amide bonds. The molecule has 1 aromatic heterocycles. The van der Waals surface area contributed by atoms with Gasteiger partial charge in [0.1, 0.15) is 10.9 Å². The first-order chi connectivity index (χ1) is 4.20. The van der Waals surface area contributed by atoms with Crippen LogP contribution in [0, 0.1) is 0 Å². The Hall–Kier alpha value is -0.450. The third-order valence-corrected chi connectivity index (χ3v) is 1.20. The quantitative estimate of drug-likeness (QED) is 0.673. The average molecular weight is 197 g/mol. The summed E-state index contributed by atoms with van der Waals surface area (Å²) in [6.07, 6.45) is 2.28. The van der Waals surface area contributed by atoms with Crippen LogP contribution in [-0.2, 0) is 0 Å². The molecule has 9 heavy (non-hydrogen) atoms. The summed E-state index contributed by atoms with van der Waals surface area (Å²) < 4.78 is 24.5. The van der Waals surface area contributed by atoms with Crippen LogP contribution in [0.4, 0.5) is 8.78 Å². The summed E-state index contributed by atoms with van der Waals surface area (Å²) in [6, 6.07) is 0. The largest absolute Gasteiger partial charge is 0.319 e. The minimum atomic E-state index is -2.50. The van der Waals surface area contributed by atoms with E-state index in [-0.39, 0.29) is 0 Å². The van der Waals surface area contributed by atoms with E-state index in [1.54, 1.807) is 0 Å². The Morgan fingerprint density at radius 1 is 1.67 bits per heavy atom. The van der Waals surface area contributed by atoms with E-state index in [4.69, 9.17) is 0 Å². The van der Waals surface area contributed by atoms with Crippen molar-refractivity contribution in [3.63, 3.8) is 0 Å². The SMILES string of the molecule is FC(F)n1cnc(Br)c1. The van der Waals surface area contributed by atoms with Gasteiger partial charge in [-0.05, 0) is 15.9 Å². The Bertz CT molecular complexity index is 198. The van der Waals surface area contributed by atoms with Crippen LogP contribution in [0.3, 0.4) is 0 Å². The summed E-state index contributed by atoms with van der Waals surface area (Å²) in [5, 5.41) is 0. The van der Waals surface area contributed by atoms with Crippen molar-refractivity contribution in [2.24, 2.45) is 0 Å². The first kappa shape index (κ1) is 6.67. The molecule has 0 N–H and O–H groups in total. The predicted molar refractivity (Wildman–Crippen MR) is 31.2 cm³/mol. The maximum atomic E-state index is 11.7. The van der Waals surface area contributed by atoms with Crippen molar-refractivity contribution in [3.8, 4) is 0 Å². The van der Waals surface area contributed by atoms with Crippen LogP contribution < -0.4 is 0 Å². The molecule has 0 aromatic carbocycles. The fourth-order valence-corrected chi connectivity index (χ4v) is 0.746. The highest BCUT2D eigenvalue weighted by Crippen LogP contribution is 2.12. The van der Waals surface area contributed by atoms with E-state index >= 15 is 0 Å². The molecular formula is C4H3BrF2N2. The number of aromatic nitrogens is 2. The maximum absolute atomic E-state index is 11.7. The highest BCUT2D eigenvalue weighted by molar-refractivity contribution is 9.10. The van der Waals surface area contributed by atoms with Crippen molar-refractivity contribution in [2.45, 2.75) is 6.55 Å². The second-order valence-corrected chi connectivity index (χ2v) is 2.23. The van der Waals surface area contributed by atoms with Crippen molar-refractivity contribution in [1.29, 1.82) is 0 Å². The molecule has 1 aromatic rings. The number of hydrogen-bond donors (Lipinski definition) is 0. The zero-order chi connectivity index (χ0) is 6.85. The molecule has 0 atom stereocenters. The fraction of sp³-hybridized carbons (Fsp3) is 0.250. The second-order valence-electron chi connectivity index (χ2n) is 1.42. The molecule has 0 aliphatic carbocycles. The van der Waals surface area contributed by atoms with Gasteiger partial charge in [-0.2, -0.15) is 8.78 Å². The van der Waals surface area contributed by atoms with Gasteiger partial charge in [-0.1, -0.05) is 0 Å². The van der Waals surface area contributed by atoms with Gasteiger partial charge in [0.2, 0.25) is 0 Å². The summed E-state index contributed by atoms with van der Waals surface area (Å²) in [5.74, 6) is 0. The van der Waals surface area contributed by atoms with E-state index in [9.17, 15) is 8.78 Å². The zero-order valence-electron chi connectivity index (χ0n) is 4.26. The molecule has 5 heteroatoms. The molecule has 50 valence electrons. The van der Waals surface area contributed by atoms with Gasteiger partial charge in [0.05, 0.1) is 0 Å². The number of nitrogens with zero attached hydrogens (tertiary/aromatic N) is 2. The molecule has 0 spiro atoms. The van der Waals surface area contributed by atoms with Gasteiger partial charge in [-0.3, -0.25) is 4.57 Å². The van der Waals surface area contributed by atoms with Crippen LogP contribution in [0.25, 0.3) is 0 Å². The summed E-state index contributed by atoms with van der Waals surface area (Å²) in [6.45, 7) is -2.50. The lowest BCUT2D eigenvalue weighted by Crippen LogP contribution is -1.91. The highest BCUT2D eigenvalue weighted by atomic mass is 79.9. The molecule has 0 bridgehead atoms. The predicted octanol–water partition coefficient (Wildman–Crippen LogP) is 2.04. The standard InChI is InChI=1S/C4H3BrF2N2/c5-3-1-9(2-8-3)4(6)7/h1-2,4H. The van der Waals surface area contributed by atoms with Crippen LogP contribution in [0.5, 0.6) is 0 Å². The van der Waals surface area contributed by atoms with Crippen LogP contribution in [0.1, 0.15) is 6.55 Å². The third kappa shape index (κ3) is 1.48. The molecule has 0 saturated heterocycles. The minimum Gasteiger partial charge on any atom is -0.279 e. The lowest BCUT2D eigenvalue weighted by molar-refractivity contribution is 0.0701. The lowest BCUT2D eigenvalue weighted by atomic mass is 10.9. The van der Waals surface area contributed by atoms with Gasteiger partial charge in [-0.25, -0.2) is 4.98 Å². The van der Waals surface area contributed by atoms with Crippen molar-refractivity contribution >= 4 is 15.9 Å². The molecule has 1 rings (SSSR count). The fourth-order valence-electron chi connectivity index (χ4n) is 0.418. The van der Waals surface area contributed by atoms with E-state index in [0.717, 1.165) is 6.33 Å². The topological polar surface area (TPSA) is 17.8 Å². The zero-order valence-corrected chi connectivity index (χ0v) is 5.85. The van der Waals surface area contributed by atoms with E-state index in [1.165, 1.54) is 6.20 Å². The first-order valence-electron chi connectivity index (χ1n) is 2.17. The van der Waals surface area contributed by atoms with Gasteiger partial charge in [0.15, 0.2) is 0 Å². The normalized spacial score (nSPS) is 10.7. The molecule has 0 unspecified atom stereocenters. The second kappa shape index (κ2) is 2.43. The number of hydrogen-bond acceptors (Lipinski definition) is 1. The van der Waals surface area contributed by atoms with Crippen LogP contribution in [0.15, 0.2) is 17.1 Å². The van der Waals surface area contributed by atoms with E-state index < -0.39 is 6.55 Å². The number of rotatable bonds is 1. The van der Waals surface area contributed by atoms with Crippen LogP contribution in [0.2, 0.25) is 0 Å². The molecule has 0 saturated carbocycles. The smallest absolute Gasteiger partial charge is 0.279 e. The summed E-state index contributed by atoms with van der Waals surface area (Å²) in [4.78, 5) is 3.54. The molecular weight excluding hydrogens is 194 g/mol. The Morgan fingerprint density at radius 3 is 2.56 bits per heavy atom. The molecule has 0 aliphatic heterocycles. The van der Waals surface area contributed by atoms with Crippen LogP contribution in [-0.4, -0.2) is 9.55 Å². The minimum absolute atomic E-state index is 0.419. The third-order valence-electron chi connectivity index (χ3n) is 0.795. The molecule has 0 radical (unpaired) electrons. The Kier molecular flexibility index (Phi) is 1.80. The summed E-state index contributed by atoms with van der Waals surface area (Å²) in [5.41, 5.74) is 0. The average Bonchev–Trinajstić information content (AvgIpc) is 2.14. The number of halogens is 3. The Balaban J connectivity index is 2.85. The van der Waals surface area contributed by atoms with E-state index in [1.807, 2.05) is 0 Å². The van der Waals surface area contributed by atoms with E-state index in [0.29, 0.717) is 9.17 Å². The summed E-state index contributed by atoms with van der Waals surface area (Å²) in [7, 11) is 0. The molecule has 0 fully saturated rings. The summed E-state index contributed by atoms with van der Waals surface area (Å²) >= 11 is 2.94. The van der Waals surface area contributed by atoms with Gasteiger partial charge in [-0.15, -0.1) is 0 Å². The van der Waals surface area contributed by atoms with Crippen molar-refractivity contribution in [2.75, 3.05) is 0 Å². The first-order valence-corrected chi connectivity index (χ1v) is 2.96. The highest BCUT2D eigenvalue weighted by Gasteiger charge is 2.03. The van der Waals surface area contributed by atoms with Crippen molar-refractivity contribution in [3.05, 3.63) is 17.1 Å². The molecule has 0 aliphatic rings. The van der Waals surface area contributed by atoms with Gasteiger partial charge in [0, 0.05) is 6.20 Å². The number of alkyl halides is 2. The van der Waals surface area contributed by atoms with Crippen LogP contribution >= 0.6 is 15.9 Å². The number of imidazole rings is 1. The molecule has 2 nitrogen and oxygen atoms in total. The van der Waals surface area contributed by atoms with Gasteiger partial charge >= 0.3 is 6.55 Å². The Morgan fingerprint density at radius 2 is 2.33 bits per heavy atom. The van der Waals surface area contributed by atoms with E-state index in [2.05, 4.69) is 20.9 Å². The van der Waals surface area contributed by atoms with Gasteiger partial charge in [0.25, 0.3) is 0 Å².